The molecule has 1 aliphatic rings. The summed E-state index contributed by atoms with van der Waals surface area (Å²) < 4.78 is 45.6. The summed E-state index contributed by atoms with van der Waals surface area (Å²) in [5.41, 5.74) is -2.08. The summed E-state index contributed by atoms with van der Waals surface area (Å²) >= 11 is 0. The Morgan fingerprint density at radius 2 is 1.75 bits per heavy atom. The molecule has 12 heteroatoms. The zero-order chi connectivity index (χ0) is 29.3. The summed E-state index contributed by atoms with van der Waals surface area (Å²) in [6.45, 7) is 2.99. The zero-order valence-electron chi connectivity index (χ0n) is 23.1. The molecule has 1 fully saturated rings. The molecule has 0 saturated heterocycles. The van der Waals surface area contributed by atoms with E-state index in [9.17, 15) is 32.7 Å². The van der Waals surface area contributed by atoms with Gasteiger partial charge < -0.3 is 20.0 Å². The van der Waals surface area contributed by atoms with Gasteiger partial charge in [0.1, 0.15) is 11.4 Å². The molecule has 0 amide bonds. The minimum Gasteiger partial charge on any atom is -0.546 e. The van der Waals surface area contributed by atoms with Crippen LogP contribution >= 0.6 is 0 Å². The summed E-state index contributed by atoms with van der Waals surface area (Å²) in [4.78, 5) is 37.1. The number of nitrogens with zero attached hydrogens (tertiary/aromatic N) is 3. The Balaban J connectivity index is 1.68. The quantitative estimate of drug-likeness (QED) is 0.370. The Bertz CT molecular complexity index is 1230. The van der Waals surface area contributed by atoms with Gasteiger partial charge in [-0.2, -0.15) is 13.2 Å². The lowest BCUT2D eigenvalue weighted by Crippen LogP contribution is -2.47. The van der Waals surface area contributed by atoms with Gasteiger partial charge in [-0.15, -0.1) is 5.10 Å². The Hall–Kier alpha value is -3.31. The van der Waals surface area contributed by atoms with E-state index in [1.54, 1.807) is 24.3 Å². The van der Waals surface area contributed by atoms with Crippen molar-refractivity contribution in [3.63, 3.8) is 0 Å². The van der Waals surface area contributed by atoms with Crippen LogP contribution in [0.1, 0.15) is 77.2 Å². The standard InChI is InChI=1S/C28H39F3N4O5/c1-27(2,25(37)38)40-22-13-11-21(12-14-22)15-17-32-23-24(36)34(18-7-16-28(29,30)31)26(39)35(33-23)19-6-10-20-8-4-3-5-9-20/h11-14,20H,3-10,15-19H2,1-2H3,(H,32,33)(H,37,38)/p-1. The molecule has 3 rings (SSSR count). The third kappa shape index (κ3) is 9.41. The second-order valence-electron chi connectivity index (χ2n) is 10.9. The Labute approximate surface area is 231 Å². The number of aryl methyl sites for hydroxylation is 1. The molecule has 1 N–H and O–H groups in total. The van der Waals surface area contributed by atoms with Crippen LogP contribution in [0.3, 0.4) is 0 Å². The van der Waals surface area contributed by atoms with Crippen molar-refractivity contribution in [2.45, 2.75) is 103 Å². The number of alkyl halides is 3. The minimum atomic E-state index is -4.38. The molecule has 1 heterocycles. The number of nitrogens with one attached hydrogen (secondary N) is 1. The van der Waals surface area contributed by atoms with Crippen LogP contribution in [0, 0.1) is 5.92 Å². The van der Waals surface area contributed by atoms with Crippen molar-refractivity contribution in [2.75, 3.05) is 11.9 Å². The van der Waals surface area contributed by atoms with Crippen molar-refractivity contribution in [1.29, 1.82) is 0 Å². The maximum absolute atomic E-state index is 13.0. The van der Waals surface area contributed by atoms with E-state index in [4.69, 9.17) is 4.74 Å². The number of carbonyl (C=O) groups excluding carboxylic acids is 1. The SMILES string of the molecule is CC(C)(Oc1ccc(CCNc2nn(CCCC3CCCCC3)c(=O)n(CCCC(F)(F)F)c2=O)cc1)C(=O)[O-]. The number of carbonyl (C=O) groups is 1. The second-order valence-corrected chi connectivity index (χ2v) is 10.9. The molecule has 1 saturated carbocycles. The third-order valence-electron chi connectivity index (χ3n) is 7.16. The van der Waals surface area contributed by atoms with Gasteiger partial charge in [-0.1, -0.05) is 44.2 Å². The molecule has 0 spiro atoms. The molecular formula is C28H38F3N4O5-. The average Bonchev–Trinajstić information content (AvgIpc) is 2.89. The first-order chi connectivity index (χ1) is 18.9. The lowest BCUT2D eigenvalue weighted by atomic mass is 9.86. The molecule has 2 aromatic rings. The van der Waals surface area contributed by atoms with Crippen molar-refractivity contribution in [1.82, 2.24) is 14.3 Å². The van der Waals surface area contributed by atoms with Crippen LogP contribution in [-0.4, -0.2) is 38.6 Å². The number of benzene rings is 1. The molecule has 0 atom stereocenters. The number of aliphatic carboxylic acids is 1. The highest BCUT2D eigenvalue weighted by molar-refractivity contribution is 5.74. The van der Waals surface area contributed by atoms with E-state index < -0.39 is 35.4 Å². The number of rotatable bonds is 14. The molecule has 0 unspecified atom stereocenters. The largest absolute Gasteiger partial charge is 0.546 e. The van der Waals surface area contributed by atoms with Crippen LogP contribution in [0.2, 0.25) is 0 Å². The Morgan fingerprint density at radius 1 is 1.07 bits per heavy atom. The zero-order valence-corrected chi connectivity index (χ0v) is 23.1. The van der Waals surface area contributed by atoms with Crippen LogP contribution in [0.4, 0.5) is 19.0 Å². The molecule has 0 bridgehead atoms. The fourth-order valence-electron chi connectivity index (χ4n) is 4.84. The van der Waals surface area contributed by atoms with Crippen molar-refractivity contribution < 1.29 is 27.8 Å². The minimum absolute atomic E-state index is 0.0834. The number of hydrogen-bond acceptors (Lipinski definition) is 7. The van der Waals surface area contributed by atoms with Gasteiger partial charge in [0.15, 0.2) is 0 Å². The van der Waals surface area contributed by atoms with Crippen molar-refractivity contribution in [3.05, 3.63) is 50.7 Å². The van der Waals surface area contributed by atoms with E-state index in [0.29, 0.717) is 24.5 Å². The van der Waals surface area contributed by atoms with Crippen LogP contribution in [-0.2, 0) is 24.3 Å². The number of hydrogen-bond donors (Lipinski definition) is 1. The Kier molecular flexibility index (Phi) is 10.8. The Morgan fingerprint density at radius 3 is 2.38 bits per heavy atom. The number of halogens is 3. The molecule has 0 aliphatic heterocycles. The first-order valence-electron chi connectivity index (χ1n) is 13.9. The van der Waals surface area contributed by atoms with Gasteiger partial charge in [-0.25, -0.2) is 9.48 Å². The first-order valence-corrected chi connectivity index (χ1v) is 13.9. The highest BCUT2D eigenvalue weighted by Gasteiger charge is 2.27. The van der Waals surface area contributed by atoms with E-state index in [-0.39, 0.29) is 31.9 Å². The number of carboxylic acid groups (broad SMARTS) is 1. The molecule has 40 heavy (non-hydrogen) atoms. The summed E-state index contributed by atoms with van der Waals surface area (Å²) in [6.07, 6.45) is 2.21. The predicted molar refractivity (Wildman–Crippen MR) is 142 cm³/mol. The third-order valence-corrected chi connectivity index (χ3v) is 7.16. The van der Waals surface area contributed by atoms with Crippen molar-refractivity contribution in [3.8, 4) is 5.75 Å². The monoisotopic (exact) mass is 567 g/mol. The number of anilines is 1. The number of carboxylic acids is 1. The molecule has 1 aromatic heterocycles. The molecule has 1 aliphatic carbocycles. The number of aromatic nitrogens is 3. The van der Waals surface area contributed by atoms with Gasteiger partial charge in [0.05, 0.1) is 5.97 Å². The van der Waals surface area contributed by atoms with Crippen molar-refractivity contribution >= 4 is 11.8 Å². The lowest BCUT2D eigenvalue weighted by molar-refractivity contribution is -0.320. The predicted octanol–water partition coefficient (Wildman–Crippen LogP) is 3.67. The van der Waals surface area contributed by atoms with Gasteiger partial charge >= 0.3 is 11.9 Å². The van der Waals surface area contributed by atoms with Gasteiger partial charge in [0.2, 0.25) is 5.82 Å². The summed E-state index contributed by atoms with van der Waals surface area (Å²) in [5.74, 6) is -0.467. The van der Waals surface area contributed by atoms with Gasteiger partial charge in [0, 0.05) is 26.1 Å². The normalized spacial score (nSPS) is 14.7. The number of ether oxygens (including phenoxy) is 1. The van der Waals surface area contributed by atoms with Crippen LogP contribution in [0.15, 0.2) is 33.9 Å². The maximum atomic E-state index is 13.0. The van der Waals surface area contributed by atoms with Gasteiger partial charge in [-0.3, -0.25) is 9.36 Å². The van der Waals surface area contributed by atoms with Gasteiger partial charge in [0.25, 0.3) is 5.56 Å². The van der Waals surface area contributed by atoms with E-state index in [0.717, 1.165) is 29.4 Å². The average molecular weight is 568 g/mol. The van der Waals surface area contributed by atoms with E-state index >= 15 is 0 Å². The van der Waals surface area contributed by atoms with Crippen molar-refractivity contribution in [2.24, 2.45) is 5.92 Å². The molecular weight excluding hydrogens is 529 g/mol. The fourth-order valence-corrected chi connectivity index (χ4v) is 4.84. The fraction of sp³-hybridized carbons (Fsp3) is 0.643. The van der Waals surface area contributed by atoms with Crippen LogP contribution < -0.4 is 26.4 Å². The molecule has 222 valence electrons. The highest BCUT2D eigenvalue weighted by atomic mass is 19.4. The van der Waals surface area contributed by atoms with E-state index in [1.165, 1.54) is 37.8 Å². The summed E-state index contributed by atoms with van der Waals surface area (Å²) in [6, 6.07) is 6.74. The summed E-state index contributed by atoms with van der Waals surface area (Å²) in [5, 5.41) is 18.3. The second kappa shape index (κ2) is 13.8. The van der Waals surface area contributed by atoms with E-state index in [2.05, 4.69) is 10.4 Å². The topological polar surface area (TPSA) is 118 Å². The smallest absolute Gasteiger partial charge is 0.389 e. The van der Waals surface area contributed by atoms with E-state index in [1.807, 2.05) is 0 Å². The molecule has 1 aromatic carbocycles. The van der Waals surface area contributed by atoms with Crippen LogP contribution in [0.25, 0.3) is 0 Å². The lowest BCUT2D eigenvalue weighted by Gasteiger charge is -2.27. The molecule has 9 nitrogen and oxygen atoms in total. The van der Waals surface area contributed by atoms with Crippen LogP contribution in [0.5, 0.6) is 5.75 Å². The highest BCUT2D eigenvalue weighted by Crippen LogP contribution is 2.27. The van der Waals surface area contributed by atoms with Gasteiger partial charge in [-0.05, 0) is 63.1 Å². The maximum Gasteiger partial charge on any atom is 0.389 e. The summed E-state index contributed by atoms with van der Waals surface area (Å²) in [7, 11) is 0. The molecule has 0 radical (unpaired) electrons. The first kappa shape index (κ1) is 31.2.